The normalized spacial score (nSPS) is 10.6. The minimum atomic E-state index is -0.258. The molecule has 0 radical (unpaired) electrons. The number of nitrogens with zero attached hydrogens (tertiary/aromatic N) is 1. The highest BCUT2D eigenvalue weighted by Gasteiger charge is 2.07. The van der Waals surface area contributed by atoms with Gasteiger partial charge in [-0.2, -0.15) is 5.10 Å². The predicted octanol–water partition coefficient (Wildman–Crippen LogP) is 4.96. The highest BCUT2D eigenvalue weighted by molar-refractivity contribution is 9.10. The summed E-state index contributed by atoms with van der Waals surface area (Å²) in [5.74, 6) is -0.258. The molecular formula is C20H16BrN3O. The maximum absolute atomic E-state index is 12.0. The number of benzene rings is 3. The number of halogens is 1. The van der Waals surface area contributed by atoms with E-state index in [1.165, 1.54) is 0 Å². The van der Waals surface area contributed by atoms with Gasteiger partial charge in [0.05, 0.1) is 11.8 Å². The molecule has 0 unspecified atom stereocenters. The maximum Gasteiger partial charge on any atom is 0.272 e. The van der Waals surface area contributed by atoms with Crippen molar-refractivity contribution in [3.8, 4) is 0 Å². The van der Waals surface area contributed by atoms with Crippen molar-refractivity contribution in [2.45, 2.75) is 0 Å². The lowest BCUT2D eigenvalue weighted by Gasteiger charge is -2.06. The number of para-hydroxylation sites is 1. The Labute approximate surface area is 154 Å². The van der Waals surface area contributed by atoms with Gasteiger partial charge in [-0.1, -0.05) is 42.5 Å². The molecule has 4 nitrogen and oxygen atoms in total. The van der Waals surface area contributed by atoms with Gasteiger partial charge in [0.25, 0.3) is 5.91 Å². The van der Waals surface area contributed by atoms with E-state index < -0.39 is 0 Å². The van der Waals surface area contributed by atoms with Crippen LogP contribution in [0.5, 0.6) is 0 Å². The van der Waals surface area contributed by atoms with Crippen molar-refractivity contribution in [1.29, 1.82) is 0 Å². The number of hydrogen-bond donors (Lipinski definition) is 2. The molecule has 3 rings (SSSR count). The number of anilines is 2. The maximum atomic E-state index is 12.0. The first-order valence-corrected chi connectivity index (χ1v) is 8.52. The van der Waals surface area contributed by atoms with Crippen molar-refractivity contribution in [2.75, 3.05) is 5.32 Å². The van der Waals surface area contributed by atoms with Crippen LogP contribution in [0.2, 0.25) is 0 Å². The van der Waals surface area contributed by atoms with Crippen molar-refractivity contribution < 1.29 is 4.79 Å². The zero-order chi connectivity index (χ0) is 17.5. The summed E-state index contributed by atoms with van der Waals surface area (Å²) in [5.41, 5.74) is 5.98. The summed E-state index contributed by atoms with van der Waals surface area (Å²) in [6, 6.07) is 25.0. The van der Waals surface area contributed by atoms with E-state index in [2.05, 4.69) is 31.8 Å². The third kappa shape index (κ3) is 4.78. The molecule has 0 spiro atoms. The first kappa shape index (κ1) is 16.9. The minimum absolute atomic E-state index is 0.258. The predicted molar refractivity (Wildman–Crippen MR) is 105 cm³/mol. The summed E-state index contributed by atoms with van der Waals surface area (Å²) in [7, 11) is 0. The molecule has 2 N–H and O–H groups in total. The summed E-state index contributed by atoms with van der Waals surface area (Å²) >= 11 is 3.35. The molecule has 0 heterocycles. The van der Waals surface area contributed by atoms with Crippen molar-refractivity contribution in [3.63, 3.8) is 0 Å². The fourth-order valence-electron chi connectivity index (χ4n) is 2.21. The third-order valence-electron chi connectivity index (χ3n) is 3.47. The lowest BCUT2D eigenvalue weighted by atomic mass is 10.2. The average Bonchev–Trinajstić information content (AvgIpc) is 2.64. The van der Waals surface area contributed by atoms with E-state index in [1.54, 1.807) is 12.3 Å². The van der Waals surface area contributed by atoms with E-state index >= 15 is 0 Å². The molecule has 0 aliphatic heterocycles. The topological polar surface area (TPSA) is 53.5 Å². The van der Waals surface area contributed by atoms with Gasteiger partial charge in [-0.3, -0.25) is 4.79 Å². The number of amides is 1. The lowest BCUT2D eigenvalue weighted by Crippen LogP contribution is -2.18. The molecule has 0 saturated carbocycles. The number of rotatable bonds is 5. The van der Waals surface area contributed by atoms with Crippen LogP contribution in [0.15, 0.2) is 88.4 Å². The molecule has 0 aromatic heterocycles. The Kier molecular flexibility index (Phi) is 5.59. The van der Waals surface area contributed by atoms with Gasteiger partial charge in [-0.15, -0.1) is 0 Å². The number of carbonyl (C=O) groups excluding carboxylic acids is 1. The quantitative estimate of drug-likeness (QED) is 0.475. The molecule has 1 amide bonds. The summed E-state index contributed by atoms with van der Waals surface area (Å²) in [6.45, 7) is 0. The standard InChI is InChI=1S/C20H16BrN3O/c21-19-9-5-4-8-18(19)20(25)24-22-14-15-10-12-17(13-11-15)23-16-6-2-1-3-7-16/h1-14,23H,(H,24,25)/b22-14-. The van der Waals surface area contributed by atoms with Crippen LogP contribution < -0.4 is 10.7 Å². The van der Waals surface area contributed by atoms with Gasteiger partial charge in [0, 0.05) is 15.8 Å². The Morgan fingerprint density at radius 3 is 2.20 bits per heavy atom. The number of hydrogen-bond acceptors (Lipinski definition) is 3. The van der Waals surface area contributed by atoms with E-state index in [4.69, 9.17) is 0 Å². The summed E-state index contributed by atoms with van der Waals surface area (Å²) in [6.07, 6.45) is 1.61. The number of hydrazone groups is 1. The smallest absolute Gasteiger partial charge is 0.272 e. The van der Waals surface area contributed by atoms with Crippen LogP contribution in [0.3, 0.4) is 0 Å². The van der Waals surface area contributed by atoms with E-state index in [1.807, 2.05) is 72.8 Å². The molecule has 0 aliphatic carbocycles. The Hall–Kier alpha value is -2.92. The van der Waals surface area contributed by atoms with E-state index in [9.17, 15) is 4.79 Å². The monoisotopic (exact) mass is 393 g/mol. The number of carbonyl (C=O) groups is 1. The molecule has 0 bridgehead atoms. The zero-order valence-electron chi connectivity index (χ0n) is 13.3. The minimum Gasteiger partial charge on any atom is -0.356 e. The molecule has 0 atom stereocenters. The third-order valence-corrected chi connectivity index (χ3v) is 4.16. The van der Waals surface area contributed by atoms with Gasteiger partial charge in [0.1, 0.15) is 0 Å². The van der Waals surface area contributed by atoms with Gasteiger partial charge < -0.3 is 5.32 Å². The van der Waals surface area contributed by atoms with Crippen molar-refractivity contribution in [2.24, 2.45) is 5.10 Å². The first-order valence-electron chi connectivity index (χ1n) is 7.72. The zero-order valence-corrected chi connectivity index (χ0v) is 14.9. The SMILES string of the molecule is O=C(N/N=C\c1ccc(Nc2ccccc2)cc1)c1ccccc1Br. The van der Waals surface area contributed by atoms with Crippen LogP contribution in [0, 0.1) is 0 Å². The van der Waals surface area contributed by atoms with Crippen molar-refractivity contribution >= 4 is 39.4 Å². The molecule has 0 fully saturated rings. The average molecular weight is 394 g/mol. The summed E-state index contributed by atoms with van der Waals surface area (Å²) in [5, 5.41) is 7.32. The Bertz CT molecular complexity index is 877. The Balaban J connectivity index is 1.59. The van der Waals surface area contributed by atoms with Gasteiger partial charge >= 0.3 is 0 Å². The molecule has 3 aromatic carbocycles. The highest BCUT2D eigenvalue weighted by atomic mass is 79.9. The van der Waals surface area contributed by atoms with Crippen LogP contribution in [0.1, 0.15) is 15.9 Å². The molecule has 25 heavy (non-hydrogen) atoms. The van der Waals surface area contributed by atoms with Crippen LogP contribution in [0.25, 0.3) is 0 Å². The number of nitrogens with one attached hydrogen (secondary N) is 2. The van der Waals surface area contributed by atoms with Gasteiger partial charge in [-0.25, -0.2) is 5.43 Å². The Morgan fingerprint density at radius 2 is 1.48 bits per heavy atom. The van der Waals surface area contributed by atoms with Gasteiger partial charge in [-0.05, 0) is 57.9 Å². The molecule has 0 saturated heterocycles. The van der Waals surface area contributed by atoms with Crippen molar-refractivity contribution in [1.82, 2.24) is 5.43 Å². The molecule has 5 heteroatoms. The van der Waals surface area contributed by atoms with Crippen LogP contribution >= 0.6 is 15.9 Å². The van der Waals surface area contributed by atoms with Crippen LogP contribution in [0.4, 0.5) is 11.4 Å². The Morgan fingerprint density at radius 1 is 0.840 bits per heavy atom. The van der Waals surface area contributed by atoms with Gasteiger partial charge in [0.2, 0.25) is 0 Å². The lowest BCUT2D eigenvalue weighted by molar-refractivity contribution is 0.0954. The molecule has 3 aromatic rings. The van der Waals surface area contributed by atoms with Crippen LogP contribution in [-0.4, -0.2) is 12.1 Å². The fourth-order valence-corrected chi connectivity index (χ4v) is 2.68. The van der Waals surface area contributed by atoms with Crippen LogP contribution in [-0.2, 0) is 0 Å². The second-order valence-electron chi connectivity index (χ2n) is 5.29. The van der Waals surface area contributed by atoms with Crippen molar-refractivity contribution in [3.05, 3.63) is 94.5 Å². The molecular weight excluding hydrogens is 378 g/mol. The summed E-state index contributed by atoms with van der Waals surface area (Å²) < 4.78 is 0.735. The van der Waals surface area contributed by atoms with Gasteiger partial charge in [0.15, 0.2) is 0 Å². The summed E-state index contributed by atoms with van der Waals surface area (Å²) in [4.78, 5) is 12.0. The molecule has 0 aliphatic rings. The van der Waals surface area contributed by atoms with E-state index in [0.717, 1.165) is 21.4 Å². The van der Waals surface area contributed by atoms with E-state index in [-0.39, 0.29) is 5.91 Å². The first-order chi connectivity index (χ1) is 12.2. The molecule has 124 valence electrons. The fraction of sp³-hybridized carbons (Fsp3) is 0. The second-order valence-corrected chi connectivity index (χ2v) is 6.15. The highest BCUT2D eigenvalue weighted by Crippen LogP contribution is 2.16. The second kappa shape index (κ2) is 8.26. The largest absolute Gasteiger partial charge is 0.356 e. The van der Waals surface area contributed by atoms with E-state index in [0.29, 0.717) is 5.56 Å².